The normalized spacial score (nSPS) is 22.2. The van der Waals surface area contributed by atoms with Crippen molar-refractivity contribution in [3.05, 3.63) is 48.6 Å². The Labute approximate surface area is 190 Å². The fourth-order valence-corrected chi connectivity index (χ4v) is 2.50. The Morgan fingerprint density at radius 1 is 1.13 bits per heavy atom. The number of rotatable bonds is 6. The van der Waals surface area contributed by atoms with Gasteiger partial charge < -0.3 is 4.74 Å². The van der Waals surface area contributed by atoms with E-state index >= 15 is 0 Å². The van der Waals surface area contributed by atoms with Gasteiger partial charge in [0.05, 0.1) is 0 Å². The first-order chi connectivity index (χ1) is 13.9. The zero-order chi connectivity index (χ0) is 23.8. The lowest BCUT2D eigenvalue weighted by Gasteiger charge is -2.30. The predicted octanol–water partition coefficient (Wildman–Crippen LogP) is 9.57. The Balaban J connectivity index is 0. The van der Waals surface area contributed by atoms with Crippen LogP contribution in [0.2, 0.25) is 0 Å². The average Bonchev–Trinajstić information content (AvgIpc) is 3.50. The van der Waals surface area contributed by atoms with Crippen LogP contribution in [0.15, 0.2) is 48.6 Å². The first-order valence-corrected chi connectivity index (χ1v) is 12.3. The van der Waals surface area contributed by atoms with Crippen molar-refractivity contribution in [2.45, 2.75) is 107 Å². The van der Waals surface area contributed by atoms with Crippen molar-refractivity contribution in [1.29, 1.82) is 0 Å². The van der Waals surface area contributed by atoms with E-state index in [1.807, 2.05) is 32.1 Å². The maximum absolute atomic E-state index is 6.13. The summed E-state index contributed by atoms with van der Waals surface area (Å²) in [5.41, 5.74) is 1.44. The van der Waals surface area contributed by atoms with Crippen LogP contribution in [0.1, 0.15) is 102 Å². The van der Waals surface area contributed by atoms with E-state index in [2.05, 4.69) is 87.1 Å². The molecule has 2 unspecified atom stereocenters. The van der Waals surface area contributed by atoms with Gasteiger partial charge in [0.25, 0.3) is 0 Å². The fraction of sp³-hybridized carbons (Fsp3) is 0.724. The molecular weight excluding hydrogens is 364 g/mol. The molecule has 2 aliphatic carbocycles. The van der Waals surface area contributed by atoms with E-state index in [9.17, 15) is 0 Å². The molecule has 1 fully saturated rings. The van der Waals surface area contributed by atoms with Crippen LogP contribution < -0.4 is 0 Å². The van der Waals surface area contributed by atoms with Crippen LogP contribution in [0.5, 0.6) is 0 Å². The minimum absolute atomic E-state index is 0.286. The zero-order valence-corrected chi connectivity index (χ0v) is 22.3. The van der Waals surface area contributed by atoms with E-state index in [-0.39, 0.29) is 5.60 Å². The van der Waals surface area contributed by atoms with Gasteiger partial charge in [0.2, 0.25) is 0 Å². The van der Waals surface area contributed by atoms with Gasteiger partial charge in [0, 0.05) is 6.61 Å². The summed E-state index contributed by atoms with van der Waals surface area (Å²) in [4.78, 5) is 0. The van der Waals surface area contributed by atoms with Crippen molar-refractivity contribution >= 4 is 0 Å². The van der Waals surface area contributed by atoms with Gasteiger partial charge in [-0.3, -0.25) is 0 Å². The molecule has 2 atom stereocenters. The van der Waals surface area contributed by atoms with Crippen molar-refractivity contribution in [2.24, 2.45) is 23.2 Å². The van der Waals surface area contributed by atoms with Crippen molar-refractivity contribution in [2.75, 3.05) is 6.61 Å². The molecule has 0 aromatic rings. The van der Waals surface area contributed by atoms with Crippen molar-refractivity contribution in [3.8, 4) is 0 Å². The van der Waals surface area contributed by atoms with Gasteiger partial charge >= 0.3 is 0 Å². The summed E-state index contributed by atoms with van der Waals surface area (Å²) in [5.74, 6) is 2.61. The maximum Gasteiger partial charge on any atom is 0.109 e. The lowest BCUT2D eigenvalue weighted by molar-refractivity contribution is 0.0262. The Morgan fingerprint density at radius 2 is 1.63 bits per heavy atom. The molecule has 0 aromatic carbocycles. The third kappa shape index (κ3) is 16.7. The van der Waals surface area contributed by atoms with E-state index in [0.29, 0.717) is 5.41 Å². The molecule has 1 nitrogen and oxygen atoms in total. The van der Waals surface area contributed by atoms with E-state index in [4.69, 9.17) is 4.74 Å². The third-order valence-corrected chi connectivity index (χ3v) is 5.13. The summed E-state index contributed by atoms with van der Waals surface area (Å²) in [5, 5.41) is 0. The molecule has 0 N–H and O–H groups in total. The fourth-order valence-electron chi connectivity index (χ4n) is 2.50. The lowest BCUT2D eigenvalue weighted by Crippen LogP contribution is -2.30. The largest absolute Gasteiger partial charge is 0.366 e. The summed E-state index contributed by atoms with van der Waals surface area (Å²) in [6, 6.07) is 0. The molecule has 0 amide bonds. The molecule has 0 radical (unpaired) electrons. The molecule has 0 saturated heterocycles. The Hall–Kier alpha value is -1.08. The summed E-state index contributed by atoms with van der Waals surface area (Å²) in [6.07, 6.45) is 17.5. The summed E-state index contributed by atoms with van der Waals surface area (Å²) < 4.78 is 6.13. The molecule has 176 valence electrons. The van der Waals surface area contributed by atoms with Crippen LogP contribution in [-0.4, -0.2) is 12.2 Å². The average molecular weight is 419 g/mol. The molecule has 0 spiro atoms. The van der Waals surface area contributed by atoms with E-state index in [0.717, 1.165) is 24.4 Å². The smallest absolute Gasteiger partial charge is 0.109 e. The highest BCUT2D eigenvalue weighted by molar-refractivity contribution is 5.41. The molecule has 0 aliphatic heterocycles. The number of allylic oxidation sites excluding steroid dienone is 4. The quantitative estimate of drug-likeness (QED) is 0.417. The molecule has 1 saturated carbocycles. The standard InChI is InChI=1S/C17H24O.C6H14.C4H10.C2H6/c1-4-7-16-8-5-6-12-17(16,3)18-13-11-14(2)15-9-10-15;1-5-6(2,3)4;1-4(2)3;1-2/h4-8,12,14-15H,1,9-11,13H2,2-3H3;5H2,1-4H3;4H,1-3H3;1-2H3/b16-7-;;;. The van der Waals surface area contributed by atoms with E-state index in [1.165, 1.54) is 31.3 Å². The minimum Gasteiger partial charge on any atom is -0.366 e. The molecule has 30 heavy (non-hydrogen) atoms. The summed E-state index contributed by atoms with van der Waals surface area (Å²) in [7, 11) is 0. The van der Waals surface area contributed by atoms with Gasteiger partial charge in [-0.1, -0.05) is 113 Å². The number of hydrogen-bond donors (Lipinski definition) is 0. The van der Waals surface area contributed by atoms with Crippen LogP contribution in [0, 0.1) is 23.2 Å². The first kappa shape index (κ1) is 31.1. The molecule has 0 aromatic heterocycles. The highest BCUT2D eigenvalue weighted by Crippen LogP contribution is 2.38. The molecule has 0 heterocycles. The maximum atomic E-state index is 6.13. The lowest BCUT2D eigenvalue weighted by atomic mass is 9.90. The number of ether oxygens (including phenoxy) is 1. The van der Waals surface area contributed by atoms with Crippen LogP contribution in [0.25, 0.3) is 0 Å². The van der Waals surface area contributed by atoms with Gasteiger partial charge in [-0.2, -0.15) is 0 Å². The van der Waals surface area contributed by atoms with Gasteiger partial charge in [0.15, 0.2) is 0 Å². The Bertz CT molecular complexity index is 508. The van der Waals surface area contributed by atoms with Crippen LogP contribution >= 0.6 is 0 Å². The first-order valence-electron chi connectivity index (χ1n) is 12.3. The number of hydrogen-bond acceptors (Lipinski definition) is 1. The van der Waals surface area contributed by atoms with Crippen molar-refractivity contribution < 1.29 is 4.74 Å². The van der Waals surface area contributed by atoms with E-state index < -0.39 is 0 Å². The molecular formula is C29H54O. The van der Waals surface area contributed by atoms with Gasteiger partial charge in [-0.05, 0) is 61.0 Å². The second-order valence-electron chi connectivity index (χ2n) is 10.3. The summed E-state index contributed by atoms with van der Waals surface area (Å²) >= 11 is 0. The van der Waals surface area contributed by atoms with E-state index in [1.54, 1.807) is 0 Å². The van der Waals surface area contributed by atoms with Crippen molar-refractivity contribution in [3.63, 3.8) is 0 Å². The van der Waals surface area contributed by atoms with Gasteiger partial charge in [0.1, 0.15) is 5.60 Å². The van der Waals surface area contributed by atoms with Crippen LogP contribution in [0.4, 0.5) is 0 Å². The van der Waals surface area contributed by atoms with Crippen LogP contribution in [0.3, 0.4) is 0 Å². The van der Waals surface area contributed by atoms with Gasteiger partial charge in [-0.15, -0.1) is 0 Å². The summed E-state index contributed by atoms with van der Waals surface area (Å²) in [6.45, 7) is 28.5. The predicted molar refractivity (Wildman–Crippen MR) is 139 cm³/mol. The molecule has 2 rings (SSSR count). The minimum atomic E-state index is -0.286. The highest BCUT2D eigenvalue weighted by Gasteiger charge is 2.30. The molecule has 0 bridgehead atoms. The van der Waals surface area contributed by atoms with Crippen LogP contribution in [-0.2, 0) is 4.74 Å². The van der Waals surface area contributed by atoms with Gasteiger partial charge in [-0.25, -0.2) is 0 Å². The SMILES string of the molecule is C=C/C=C1/C=CC=CC1(C)OCCC(C)C1CC1.CC.CC(C)C.CCC(C)(C)C. The highest BCUT2D eigenvalue weighted by atomic mass is 16.5. The molecule has 2 aliphatic rings. The monoisotopic (exact) mass is 418 g/mol. The Kier molecular flexibility index (Phi) is 17.2. The van der Waals surface area contributed by atoms with Crippen molar-refractivity contribution in [1.82, 2.24) is 0 Å². The topological polar surface area (TPSA) is 9.23 Å². The second kappa shape index (κ2) is 16.6. The zero-order valence-electron chi connectivity index (χ0n) is 22.3. The molecule has 1 heteroatoms. The second-order valence-corrected chi connectivity index (χ2v) is 10.3. The Morgan fingerprint density at radius 3 is 2.03 bits per heavy atom. The third-order valence-electron chi connectivity index (χ3n) is 5.13.